The molecule has 0 fully saturated rings. The Morgan fingerprint density at radius 3 is 2.80 bits per heavy atom. The van der Waals surface area contributed by atoms with Crippen LogP contribution in [0.15, 0.2) is 19.0 Å². The maximum absolute atomic E-state index is 5.55. The minimum Gasteiger partial charge on any atom is -0.360 e. The quantitative estimate of drug-likeness (QED) is 0.549. The first-order chi connectivity index (χ1) is 7.01. The second-order valence-electron chi connectivity index (χ2n) is 4.87. The van der Waals surface area contributed by atoms with Crippen molar-refractivity contribution >= 4 is 14.1 Å². The van der Waals surface area contributed by atoms with Gasteiger partial charge in [-0.2, -0.15) is 5.10 Å². The van der Waals surface area contributed by atoms with Crippen LogP contribution < -0.4 is 0 Å². The van der Waals surface area contributed by atoms with Crippen molar-refractivity contribution in [3.63, 3.8) is 0 Å². The van der Waals surface area contributed by atoms with Crippen LogP contribution in [0.2, 0.25) is 25.7 Å². The van der Waals surface area contributed by atoms with Gasteiger partial charge in [0.2, 0.25) is 0 Å². The zero-order valence-corrected chi connectivity index (χ0v) is 10.9. The Hall–Kier alpha value is -0.873. The molecular weight excluding hydrogens is 204 g/mol. The summed E-state index contributed by atoms with van der Waals surface area (Å²) in [5.41, 5.74) is 1.03. The Labute approximate surface area is 92.8 Å². The van der Waals surface area contributed by atoms with Crippen LogP contribution in [0.25, 0.3) is 6.08 Å². The molecule has 84 valence electrons. The number of hydrogen-bond acceptors (Lipinski definition) is 2. The summed E-state index contributed by atoms with van der Waals surface area (Å²) in [6.07, 6.45) is 5.50. The van der Waals surface area contributed by atoms with Gasteiger partial charge < -0.3 is 4.74 Å². The molecular formula is C11H20N2OSi. The normalized spacial score (nSPS) is 11.7. The lowest BCUT2D eigenvalue weighted by Gasteiger charge is -2.15. The third-order valence-electron chi connectivity index (χ3n) is 2.11. The molecule has 1 heterocycles. The lowest BCUT2D eigenvalue weighted by atomic mass is 10.4. The predicted octanol–water partition coefficient (Wildman–Crippen LogP) is 2.84. The van der Waals surface area contributed by atoms with Crippen molar-refractivity contribution in [3.05, 3.63) is 24.5 Å². The topological polar surface area (TPSA) is 27.1 Å². The van der Waals surface area contributed by atoms with Crippen molar-refractivity contribution < 1.29 is 4.74 Å². The molecule has 1 aromatic heterocycles. The summed E-state index contributed by atoms with van der Waals surface area (Å²) in [6.45, 7) is 12.1. The molecule has 0 aromatic carbocycles. The molecule has 1 rings (SSSR count). The molecule has 0 saturated heterocycles. The van der Waals surface area contributed by atoms with E-state index in [4.69, 9.17) is 4.74 Å². The average molecular weight is 224 g/mol. The lowest BCUT2D eigenvalue weighted by molar-refractivity contribution is 0.0786. The van der Waals surface area contributed by atoms with E-state index in [0.717, 1.165) is 12.2 Å². The summed E-state index contributed by atoms with van der Waals surface area (Å²) in [7, 11) is -0.968. The van der Waals surface area contributed by atoms with Crippen LogP contribution in [-0.2, 0) is 11.5 Å². The molecule has 0 saturated carbocycles. The largest absolute Gasteiger partial charge is 0.360 e. The van der Waals surface area contributed by atoms with Crippen molar-refractivity contribution in [2.24, 2.45) is 0 Å². The second kappa shape index (κ2) is 5.28. The first-order valence-electron chi connectivity index (χ1n) is 5.24. The van der Waals surface area contributed by atoms with E-state index < -0.39 is 8.07 Å². The number of nitrogens with zero attached hydrogens (tertiary/aromatic N) is 2. The van der Waals surface area contributed by atoms with E-state index >= 15 is 0 Å². The third-order valence-corrected chi connectivity index (χ3v) is 3.81. The van der Waals surface area contributed by atoms with E-state index in [-0.39, 0.29) is 0 Å². The van der Waals surface area contributed by atoms with Crippen molar-refractivity contribution in [2.45, 2.75) is 32.4 Å². The molecule has 0 radical (unpaired) electrons. The van der Waals surface area contributed by atoms with Gasteiger partial charge in [0.15, 0.2) is 0 Å². The van der Waals surface area contributed by atoms with Gasteiger partial charge >= 0.3 is 0 Å². The smallest absolute Gasteiger partial charge is 0.139 e. The van der Waals surface area contributed by atoms with Gasteiger partial charge in [0.05, 0.1) is 6.20 Å². The molecule has 3 nitrogen and oxygen atoms in total. The van der Waals surface area contributed by atoms with Gasteiger partial charge in [-0.1, -0.05) is 32.3 Å². The van der Waals surface area contributed by atoms with Gasteiger partial charge in [-0.15, -0.1) is 0 Å². The molecule has 0 aliphatic carbocycles. The summed E-state index contributed by atoms with van der Waals surface area (Å²) < 4.78 is 7.35. The minimum absolute atomic E-state index is 0.540. The zero-order chi connectivity index (χ0) is 11.3. The van der Waals surface area contributed by atoms with Crippen molar-refractivity contribution in [1.82, 2.24) is 9.78 Å². The van der Waals surface area contributed by atoms with Crippen LogP contribution in [-0.4, -0.2) is 24.5 Å². The fourth-order valence-electron chi connectivity index (χ4n) is 1.09. The van der Waals surface area contributed by atoms with Crippen molar-refractivity contribution in [3.8, 4) is 0 Å². The molecule has 15 heavy (non-hydrogen) atoms. The van der Waals surface area contributed by atoms with Crippen LogP contribution in [0, 0.1) is 0 Å². The number of hydrogen-bond donors (Lipinski definition) is 0. The highest BCUT2D eigenvalue weighted by atomic mass is 28.3. The van der Waals surface area contributed by atoms with Gasteiger partial charge in [0.25, 0.3) is 0 Å². The molecule has 0 aliphatic heterocycles. The zero-order valence-electron chi connectivity index (χ0n) is 9.86. The second-order valence-corrected chi connectivity index (χ2v) is 10.5. The number of aromatic nitrogens is 2. The molecule has 0 atom stereocenters. The lowest BCUT2D eigenvalue weighted by Crippen LogP contribution is -2.22. The van der Waals surface area contributed by atoms with Crippen LogP contribution in [0.1, 0.15) is 5.56 Å². The SMILES string of the molecule is C=Cc1cnn(COCC[Si](C)(C)C)c1. The Morgan fingerprint density at radius 2 is 2.27 bits per heavy atom. The molecule has 0 bridgehead atoms. The highest BCUT2D eigenvalue weighted by molar-refractivity contribution is 6.76. The molecule has 4 heteroatoms. The number of rotatable bonds is 6. The number of ether oxygens (including phenoxy) is 1. The fraction of sp³-hybridized carbons (Fsp3) is 0.545. The average Bonchev–Trinajstić information content (AvgIpc) is 2.59. The van der Waals surface area contributed by atoms with Crippen LogP contribution in [0.4, 0.5) is 0 Å². The molecule has 0 aliphatic rings. The maximum atomic E-state index is 5.55. The highest BCUT2D eigenvalue weighted by Crippen LogP contribution is 2.07. The standard InChI is InChI=1S/C11H20N2OSi/c1-5-11-8-12-13(9-11)10-14-6-7-15(2,3)4/h5,8-9H,1,6-7,10H2,2-4H3. The van der Waals surface area contributed by atoms with Gasteiger partial charge in [0.1, 0.15) is 6.73 Å². The predicted molar refractivity (Wildman–Crippen MR) is 66.4 cm³/mol. The third kappa shape index (κ3) is 4.95. The van der Waals surface area contributed by atoms with E-state index in [1.54, 1.807) is 17.0 Å². The first-order valence-corrected chi connectivity index (χ1v) is 8.94. The van der Waals surface area contributed by atoms with E-state index in [0.29, 0.717) is 6.73 Å². The summed E-state index contributed by atoms with van der Waals surface area (Å²) >= 11 is 0. The summed E-state index contributed by atoms with van der Waals surface area (Å²) in [5.74, 6) is 0. The van der Waals surface area contributed by atoms with Gasteiger partial charge in [-0.3, -0.25) is 0 Å². The monoisotopic (exact) mass is 224 g/mol. The highest BCUT2D eigenvalue weighted by Gasteiger charge is 2.11. The van der Waals surface area contributed by atoms with E-state index in [1.807, 2.05) is 6.20 Å². The minimum atomic E-state index is -0.968. The Balaban J connectivity index is 2.23. The first kappa shape index (κ1) is 12.2. The van der Waals surface area contributed by atoms with E-state index in [2.05, 4.69) is 31.3 Å². The fourth-order valence-corrected chi connectivity index (χ4v) is 1.85. The van der Waals surface area contributed by atoms with Gasteiger partial charge in [-0.05, 0) is 6.04 Å². The van der Waals surface area contributed by atoms with Gasteiger partial charge in [-0.25, -0.2) is 4.68 Å². The summed E-state index contributed by atoms with van der Waals surface area (Å²) in [4.78, 5) is 0. The van der Waals surface area contributed by atoms with Gasteiger partial charge in [0, 0.05) is 26.4 Å². The Kier molecular flexibility index (Phi) is 4.29. The molecule has 0 amide bonds. The molecule has 0 unspecified atom stereocenters. The Bertz CT molecular complexity index is 315. The Morgan fingerprint density at radius 1 is 1.53 bits per heavy atom. The van der Waals surface area contributed by atoms with Crippen LogP contribution in [0.3, 0.4) is 0 Å². The molecule has 1 aromatic rings. The van der Waals surface area contributed by atoms with Crippen LogP contribution in [0.5, 0.6) is 0 Å². The van der Waals surface area contributed by atoms with E-state index in [1.165, 1.54) is 6.04 Å². The molecule has 0 spiro atoms. The van der Waals surface area contributed by atoms with Crippen molar-refractivity contribution in [1.29, 1.82) is 0 Å². The maximum Gasteiger partial charge on any atom is 0.139 e. The van der Waals surface area contributed by atoms with Crippen LogP contribution >= 0.6 is 0 Å². The van der Waals surface area contributed by atoms with E-state index in [9.17, 15) is 0 Å². The van der Waals surface area contributed by atoms with Crippen molar-refractivity contribution in [2.75, 3.05) is 6.61 Å². The summed E-state index contributed by atoms with van der Waals surface area (Å²) in [5, 5.41) is 4.15. The molecule has 0 N–H and O–H groups in total. The summed E-state index contributed by atoms with van der Waals surface area (Å²) in [6, 6.07) is 1.20.